The van der Waals surface area contributed by atoms with Gasteiger partial charge >= 0.3 is 0 Å². The number of halogens is 1. The third-order valence-corrected chi connectivity index (χ3v) is 5.42. The van der Waals surface area contributed by atoms with Crippen molar-refractivity contribution >= 4 is 11.6 Å². The summed E-state index contributed by atoms with van der Waals surface area (Å²) in [4.78, 5) is 12.6. The number of hydrogen-bond donors (Lipinski definition) is 1. The van der Waals surface area contributed by atoms with Crippen molar-refractivity contribution in [1.82, 2.24) is 9.78 Å². The Balaban J connectivity index is 1.60. The topological polar surface area (TPSA) is 65.4 Å². The number of amides is 1. The minimum Gasteiger partial charge on any atom is -0.497 e. The van der Waals surface area contributed by atoms with E-state index in [0.29, 0.717) is 18.1 Å². The molecule has 1 aromatic heterocycles. The molecule has 1 amide bonds. The Morgan fingerprint density at radius 1 is 0.941 bits per heavy atom. The maximum Gasteiger partial charge on any atom is 0.226 e. The average molecular weight is 460 g/mol. The number of aromatic nitrogens is 2. The van der Waals surface area contributed by atoms with E-state index in [1.807, 2.05) is 62.4 Å². The SMILES string of the molecule is COc1ccc(-n2nc(C)c(CCC(=O)Nc3ccc(C)cc3)c2Oc2ccc(F)cc2)cc1. The van der Waals surface area contributed by atoms with Crippen molar-refractivity contribution in [2.75, 3.05) is 12.4 Å². The zero-order chi connectivity index (χ0) is 24.1. The lowest BCUT2D eigenvalue weighted by Crippen LogP contribution is -2.12. The van der Waals surface area contributed by atoms with Crippen LogP contribution in [0.1, 0.15) is 23.2 Å². The lowest BCUT2D eigenvalue weighted by atomic mass is 10.1. The number of ether oxygens (including phenoxy) is 2. The fourth-order valence-corrected chi connectivity index (χ4v) is 3.54. The van der Waals surface area contributed by atoms with Crippen LogP contribution in [0.4, 0.5) is 10.1 Å². The summed E-state index contributed by atoms with van der Waals surface area (Å²) in [5, 5.41) is 7.59. The van der Waals surface area contributed by atoms with Crippen LogP contribution in [0.2, 0.25) is 0 Å². The molecule has 0 saturated heterocycles. The molecule has 3 aromatic carbocycles. The molecular formula is C27H26FN3O3. The van der Waals surface area contributed by atoms with Crippen LogP contribution in [0.3, 0.4) is 0 Å². The molecule has 0 aliphatic heterocycles. The molecule has 4 aromatic rings. The Labute approximate surface area is 198 Å². The van der Waals surface area contributed by atoms with Gasteiger partial charge in [-0.05, 0) is 80.9 Å². The lowest BCUT2D eigenvalue weighted by Gasteiger charge is -2.12. The van der Waals surface area contributed by atoms with E-state index in [-0.39, 0.29) is 18.1 Å². The molecule has 1 heterocycles. The molecule has 0 aliphatic rings. The summed E-state index contributed by atoms with van der Waals surface area (Å²) in [6.07, 6.45) is 0.680. The van der Waals surface area contributed by atoms with Crippen molar-refractivity contribution in [1.29, 1.82) is 0 Å². The van der Waals surface area contributed by atoms with Crippen molar-refractivity contribution in [2.45, 2.75) is 26.7 Å². The zero-order valence-corrected chi connectivity index (χ0v) is 19.3. The van der Waals surface area contributed by atoms with E-state index in [0.717, 1.165) is 33.9 Å². The largest absolute Gasteiger partial charge is 0.497 e. The molecular weight excluding hydrogens is 433 g/mol. The fourth-order valence-electron chi connectivity index (χ4n) is 3.54. The molecule has 6 nitrogen and oxygen atoms in total. The van der Waals surface area contributed by atoms with Crippen LogP contribution in [-0.4, -0.2) is 22.8 Å². The van der Waals surface area contributed by atoms with Gasteiger partial charge in [-0.2, -0.15) is 5.10 Å². The Kier molecular flexibility index (Phi) is 6.92. The fraction of sp³-hybridized carbons (Fsp3) is 0.185. The molecule has 1 N–H and O–H groups in total. The number of benzene rings is 3. The minimum atomic E-state index is -0.347. The molecule has 0 saturated carbocycles. The number of carbonyl (C=O) groups excluding carboxylic acids is 1. The first-order chi connectivity index (χ1) is 16.4. The summed E-state index contributed by atoms with van der Waals surface area (Å²) < 4.78 is 26.5. The highest BCUT2D eigenvalue weighted by Gasteiger charge is 2.20. The Morgan fingerprint density at radius 2 is 1.59 bits per heavy atom. The second kappa shape index (κ2) is 10.2. The summed E-state index contributed by atoms with van der Waals surface area (Å²) in [5.41, 5.74) is 4.21. The van der Waals surface area contributed by atoms with E-state index in [1.165, 1.54) is 12.1 Å². The molecule has 7 heteroatoms. The van der Waals surface area contributed by atoms with Gasteiger partial charge in [0, 0.05) is 17.7 Å². The van der Waals surface area contributed by atoms with E-state index < -0.39 is 0 Å². The van der Waals surface area contributed by atoms with Gasteiger partial charge in [0.15, 0.2) is 0 Å². The van der Waals surface area contributed by atoms with E-state index in [4.69, 9.17) is 9.47 Å². The highest BCUT2D eigenvalue weighted by molar-refractivity contribution is 5.90. The van der Waals surface area contributed by atoms with E-state index in [1.54, 1.807) is 23.9 Å². The molecule has 0 spiro atoms. The van der Waals surface area contributed by atoms with Crippen LogP contribution in [0, 0.1) is 19.7 Å². The maximum absolute atomic E-state index is 13.4. The predicted molar refractivity (Wildman–Crippen MR) is 129 cm³/mol. The Hall–Kier alpha value is -4.13. The number of carbonyl (C=O) groups is 1. The summed E-state index contributed by atoms with van der Waals surface area (Å²) in [6.45, 7) is 3.88. The van der Waals surface area contributed by atoms with E-state index in [9.17, 15) is 9.18 Å². The van der Waals surface area contributed by atoms with Gasteiger partial charge in [-0.15, -0.1) is 0 Å². The van der Waals surface area contributed by atoms with Crippen LogP contribution >= 0.6 is 0 Å². The number of nitrogens with zero attached hydrogens (tertiary/aromatic N) is 2. The van der Waals surface area contributed by atoms with Gasteiger partial charge in [-0.25, -0.2) is 9.07 Å². The summed E-state index contributed by atoms with van der Waals surface area (Å²) in [5.74, 6) is 1.23. The second-order valence-electron chi connectivity index (χ2n) is 7.95. The monoisotopic (exact) mass is 459 g/mol. The van der Waals surface area contributed by atoms with Crippen molar-refractivity contribution in [2.24, 2.45) is 0 Å². The van der Waals surface area contributed by atoms with Crippen LogP contribution in [-0.2, 0) is 11.2 Å². The quantitative estimate of drug-likeness (QED) is 0.351. The summed E-state index contributed by atoms with van der Waals surface area (Å²) in [6, 6.07) is 20.9. The lowest BCUT2D eigenvalue weighted by molar-refractivity contribution is -0.116. The highest BCUT2D eigenvalue weighted by Crippen LogP contribution is 2.32. The molecule has 34 heavy (non-hydrogen) atoms. The Morgan fingerprint density at radius 3 is 2.24 bits per heavy atom. The predicted octanol–water partition coefficient (Wildman–Crippen LogP) is 6.00. The van der Waals surface area contributed by atoms with Gasteiger partial charge in [-0.3, -0.25) is 4.79 Å². The Bertz CT molecular complexity index is 1260. The molecule has 4 rings (SSSR count). The van der Waals surface area contributed by atoms with Gasteiger partial charge < -0.3 is 14.8 Å². The first kappa shape index (κ1) is 23.0. The van der Waals surface area contributed by atoms with Crippen LogP contribution < -0.4 is 14.8 Å². The van der Waals surface area contributed by atoms with Gasteiger partial charge in [0.05, 0.1) is 18.5 Å². The average Bonchev–Trinajstić information content (AvgIpc) is 3.15. The molecule has 0 atom stereocenters. The number of methoxy groups -OCH3 is 1. The smallest absolute Gasteiger partial charge is 0.226 e. The number of nitrogens with one attached hydrogen (secondary N) is 1. The number of anilines is 1. The molecule has 0 aliphatic carbocycles. The first-order valence-electron chi connectivity index (χ1n) is 11.0. The van der Waals surface area contributed by atoms with E-state index >= 15 is 0 Å². The van der Waals surface area contributed by atoms with Gasteiger partial charge in [0.2, 0.25) is 11.8 Å². The van der Waals surface area contributed by atoms with Gasteiger partial charge in [0.25, 0.3) is 0 Å². The van der Waals surface area contributed by atoms with Crippen LogP contribution in [0.5, 0.6) is 17.4 Å². The zero-order valence-electron chi connectivity index (χ0n) is 19.3. The van der Waals surface area contributed by atoms with Crippen molar-refractivity contribution in [3.05, 3.63) is 95.4 Å². The second-order valence-corrected chi connectivity index (χ2v) is 7.95. The number of rotatable bonds is 8. The standard InChI is InChI=1S/C27H26FN3O3/c1-18-4-8-21(9-5-18)29-26(32)17-16-25-19(2)30-31(22-10-14-23(33-3)15-11-22)27(25)34-24-12-6-20(28)7-13-24/h4-15H,16-17H2,1-3H3,(H,29,32). The number of aryl methyl sites for hydroxylation is 2. The molecule has 174 valence electrons. The van der Waals surface area contributed by atoms with Gasteiger partial charge in [-0.1, -0.05) is 17.7 Å². The summed E-state index contributed by atoms with van der Waals surface area (Å²) >= 11 is 0. The molecule has 0 bridgehead atoms. The maximum atomic E-state index is 13.4. The third-order valence-electron chi connectivity index (χ3n) is 5.42. The molecule has 0 fully saturated rings. The minimum absolute atomic E-state index is 0.104. The van der Waals surface area contributed by atoms with Crippen molar-refractivity contribution < 1.29 is 18.7 Å². The molecule has 0 unspecified atom stereocenters. The van der Waals surface area contributed by atoms with Crippen molar-refractivity contribution in [3.8, 4) is 23.1 Å². The highest BCUT2D eigenvalue weighted by atomic mass is 19.1. The van der Waals surface area contributed by atoms with Crippen LogP contribution in [0.25, 0.3) is 5.69 Å². The van der Waals surface area contributed by atoms with E-state index in [2.05, 4.69) is 10.4 Å². The normalized spacial score (nSPS) is 10.7. The summed E-state index contributed by atoms with van der Waals surface area (Å²) in [7, 11) is 1.61. The van der Waals surface area contributed by atoms with Crippen LogP contribution in [0.15, 0.2) is 72.8 Å². The third kappa shape index (κ3) is 5.43. The first-order valence-corrected chi connectivity index (χ1v) is 11.0. The number of hydrogen-bond acceptors (Lipinski definition) is 4. The van der Waals surface area contributed by atoms with Gasteiger partial charge in [0.1, 0.15) is 17.3 Å². The molecule has 0 radical (unpaired) electrons. The van der Waals surface area contributed by atoms with Crippen molar-refractivity contribution in [3.63, 3.8) is 0 Å².